The molecule has 116 valence electrons. The van der Waals surface area contributed by atoms with E-state index in [0.717, 1.165) is 16.7 Å². The van der Waals surface area contributed by atoms with Crippen LogP contribution in [0.5, 0.6) is 0 Å². The van der Waals surface area contributed by atoms with Crippen LogP contribution in [0, 0.1) is 5.39 Å². The lowest BCUT2D eigenvalue weighted by molar-refractivity contribution is 0.584. The van der Waals surface area contributed by atoms with Gasteiger partial charge in [0.15, 0.2) is 0 Å². The maximum Gasteiger partial charge on any atom is 0.324 e. The zero-order valence-corrected chi connectivity index (χ0v) is 14.3. The topological polar surface area (TPSA) is 74.3 Å². The normalized spacial score (nSPS) is 12.0. The number of benzene rings is 1. The van der Waals surface area contributed by atoms with Crippen LogP contribution in [-0.2, 0) is 10.0 Å². The Morgan fingerprint density at radius 2 is 1.38 bits per heavy atom. The summed E-state index contributed by atoms with van der Waals surface area (Å²) in [5.74, 6) is 0.408. The van der Waals surface area contributed by atoms with Crippen molar-refractivity contribution < 1.29 is 8.42 Å². The zero-order valence-electron chi connectivity index (χ0n) is 13.5. The Morgan fingerprint density at radius 3 is 1.67 bits per heavy atom. The molecule has 1 aromatic rings. The number of rotatable bonds is 5. The van der Waals surface area contributed by atoms with Gasteiger partial charge in [0, 0.05) is 0 Å². The van der Waals surface area contributed by atoms with E-state index in [9.17, 15) is 8.42 Å². The van der Waals surface area contributed by atoms with Gasteiger partial charge in [-0.05, 0) is 34.4 Å². The molecule has 0 heterocycles. The average Bonchev–Trinajstić information content (AvgIpc) is 2.36. The number of hydrogen-bond acceptors (Lipinski definition) is 3. The Labute approximate surface area is 127 Å². The Hall–Kier alpha value is -1.61. The summed E-state index contributed by atoms with van der Waals surface area (Å²) >= 11 is 0. The molecule has 5 nitrogen and oxygen atoms in total. The molecule has 0 aromatic heterocycles. The van der Waals surface area contributed by atoms with Gasteiger partial charge in [0.1, 0.15) is 0 Å². The van der Waals surface area contributed by atoms with Crippen LogP contribution in [0.2, 0.25) is 0 Å². The lowest BCUT2D eigenvalue weighted by atomic mass is 9.89. The first-order valence-electron chi connectivity index (χ1n) is 7.15. The van der Waals surface area contributed by atoms with Crippen LogP contribution in [-0.4, -0.2) is 8.42 Å². The quantitative estimate of drug-likeness (QED) is 0.657. The highest BCUT2D eigenvalue weighted by Crippen LogP contribution is 2.34. The van der Waals surface area contributed by atoms with E-state index in [-0.39, 0.29) is 16.7 Å². The van der Waals surface area contributed by atoms with Crippen LogP contribution >= 0.6 is 0 Å². The van der Waals surface area contributed by atoms with Gasteiger partial charge in [0.2, 0.25) is 0 Å². The van der Waals surface area contributed by atoms with E-state index < -0.39 is 10.0 Å². The van der Waals surface area contributed by atoms with Crippen LogP contribution in [0.1, 0.15) is 76.0 Å². The SMILES string of the molecule is CC(C)c1cc(C(C)C)c(S(=O)(=O)N[N+]#N)c(C(C)C)c1. The predicted molar refractivity (Wildman–Crippen MR) is 84.1 cm³/mol. The van der Waals surface area contributed by atoms with Crippen LogP contribution in [0.25, 0.3) is 5.08 Å². The molecular weight excluding hydrogens is 286 g/mol. The molecule has 0 aliphatic rings. The van der Waals surface area contributed by atoms with Crippen LogP contribution < -0.4 is 4.83 Å². The molecule has 0 spiro atoms. The highest BCUT2D eigenvalue weighted by Gasteiger charge is 2.29. The minimum Gasteiger partial charge on any atom is -0.196 e. The van der Waals surface area contributed by atoms with E-state index in [1.165, 1.54) is 0 Å². The van der Waals surface area contributed by atoms with Crippen molar-refractivity contribution in [1.29, 1.82) is 5.39 Å². The molecule has 0 fully saturated rings. The Kier molecular flexibility index (Phi) is 5.35. The zero-order chi connectivity index (χ0) is 16.4. The number of nitrogens with one attached hydrogen (secondary N) is 1. The van der Waals surface area contributed by atoms with Crippen LogP contribution in [0.4, 0.5) is 0 Å². The fraction of sp³-hybridized carbons (Fsp3) is 0.600. The van der Waals surface area contributed by atoms with E-state index in [4.69, 9.17) is 5.39 Å². The van der Waals surface area contributed by atoms with Gasteiger partial charge in [0.25, 0.3) is 5.39 Å². The van der Waals surface area contributed by atoms with E-state index in [0.29, 0.717) is 5.92 Å². The summed E-state index contributed by atoms with van der Waals surface area (Å²) in [5.41, 5.74) is 2.62. The van der Waals surface area contributed by atoms with Gasteiger partial charge in [-0.1, -0.05) is 53.7 Å². The summed E-state index contributed by atoms with van der Waals surface area (Å²) in [5, 5.41) is 11.2. The maximum atomic E-state index is 12.4. The van der Waals surface area contributed by atoms with Crippen molar-refractivity contribution in [3.63, 3.8) is 0 Å². The molecule has 0 aliphatic heterocycles. The van der Waals surface area contributed by atoms with Gasteiger partial charge < -0.3 is 0 Å². The van der Waals surface area contributed by atoms with E-state index in [1.54, 1.807) is 0 Å². The lowest BCUT2D eigenvalue weighted by Gasteiger charge is -2.20. The summed E-state index contributed by atoms with van der Waals surface area (Å²) in [4.78, 5) is 2.06. The maximum absolute atomic E-state index is 12.4. The lowest BCUT2D eigenvalue weighted by Crippen LogP contribution is -2.21. The first-order chi connectivity index (χ1) is 9.61. The molecule has 1 aromatic carbocycles. The largest absolute Gasteiger partial charge is 0.324 e. The highest BCUT2D eigenvalue weighted by molar-refractivity contribution is 7.89. The van der Waals surface area contributed by atoms with Crippen molar-refractivity contribution in [2.45, 2.75) is 64.2 Å². The monoisotopic (exact) mass is 310 g/mol. The van der Waals surface area contributed by atoms with Crippen molar-refractivity contribution in [1.82, 2.24) is 4.83 Å². The molecule has 1 N–H and O–H groups in total. The fourth-order valence-corrected chi connectivity index (χ4v) is 3.71. The third-order valence-electron chi connectivity index (χ3n) is 3.51. The summed E-state index contributed by atoms with van der Waals surface area (Å²) in [7, 11) is -3.87. The molecule has 0 saturated heterocycles. The van der Waals surface area contributed by atoms with Crippen molar-refractivity contribution in [2.75, 3.05) is 0 Å². The minimum atomic E-state index is -3.87. The van der Waals surface area contributed by atoms with Crippen LogP contribution in [0.3, 0.4) is 0 Å². The predicted octanol–water partition coefficient (Wildman–Crippen LogP) is 4.10. The molecule has 0 unspecified atom stereocenters. The molecule has 0 bridgehead atoms. The molecular formula is C15H24N3O2S+. The van der Waals surface area contributed by atoms with Crippen molar-refractivity contribution in [3.05, 3.63) is 33.9 Å². The van der Waals surface area contributed by atoms with Gasteiger partial charge in [-0.15, -0.1) is 0 Å². The number of nitrogens with zero attached hydrogens (tertiary/aromatic N) is 2. The minimum absolute atomic E-state index is 0.0477. The summed E-state index contributed by atoms with van der Waals surface area (Å²) < 4.78 is 24.8. The van der Waals surface area contributed by atoms with Gasteiger partial charge in [-0.3, -0.25) is 0 Å². The average molecular weight is 310 g/mol. The molecule has 0 aliphatic carbocycles. The molecule has 6 heteroatoms. The summed E-state index contributed by atoms with van der Waals surface area (Å²) in [6.07, 6.45) is 0. The fourth-order valence-electron chi connectivity index (χ4n) is 2.30. The number of hydrogen-bond donors (Lipinski definition) is 1. The van der Waals surface area contributed by atoms with Gasteiger partial charge in [-0.25, -0.2) is 0 Å². The smallest absolute Gasteiger partial charge is 0.196 e. The molecule has 0 saturated carbocycles. The molecule has 0 radical (unpaired) electrons. The molecule has 0 amide bonds. The molecule has 0 atom stereocenters. The standard InChI is InChI=1S/C15H24N3O2S/c1-9(2)12-7-13(10(3)4)15(14(8-12)11(5)6)21(19,20)18-17-16/h7-11,18H,1-6H3/q+1. The van der Waals surface area contributed by atoms with Crippen molar-refractivity contribution >= 4 is 10.0 Å². The van der Waals surface area contributed by atoms with Gasteiger partial charge in [-0.2, -0.15) is 8.42 Å². The molecule has 21 heavy (non-hydrogen) atoms. The Bertz CT molecular complexity index is 627. The second kappa shape index (κ2) is 6.44. The third kappa shape index (κ3) is 3.73. The first-order valence-corrected chi connectivity index (χ1v) is 8.63. The second-order valence-corrected chi connectivity index (χ2v) is 7.79. The van der Waals surface area contributed by atoms with E-state index in [2.05, 4.69) is 18.9 Å². The Balaban J connectivity index is 3.79. The van der Waals surface area contributed by atoms with E-state index in [1.807, 2.05) is 44.7 Å². The highest BCUT2D eigenvalue weighted by atomic mass is 32.2. The molecule has 1 rings (SSSR count). The second-order valence-electron chi connectivity index (χ2n) is 6.19. The van der Waals surface area contributed by atoms with Crippen molar-refractivity contribution in [2.24, 2.45) is 0 Å². The number of diazo groups is 1. The van der Waals surface area contributed by atoms with Crippen LogP contribution in [0.15, 0.2) is 17.0 Å². The van der Waals surface area contributed by atoms with Gasteiger partial charge in [0.05, 0.1) is 9.73 Å². The first kappa shape index (κ1) is 17.4. The summed E-state index contributed by atoms with van der Waals surface area (Å²) in [6.45, 7) is 12.0. The Morgan fingerprint density at radius 1 is 0.952 bits per heavy atom. The third-order valence-corrected chi connectivity index (χ3v) is 4.84. The summed E-state index contributed by atoms with van der Waals surface area (Å²) in [6, 6.07) is 3.88. The van der Waals surface area contributed by atoms with Gasteiger partial charge >= 0.3 is 15.1 Å². The van der Waals surface area contributed by atoms with E-state index >= 15 is 0 Å². The van der Waals surface area contributed by atoms with Crippen molar-refractivity contribution in [3.8, 4) is 0 Å². The number of sulfonamides is 1.